The first-order valence-electron chi connectivity index (χ1n) is 7.40. The lowest BCUT2D eigenvalue weighted by molar-refractivity contribution is 0.00967. The Morgan fingerprint density at radius 1 is 1.30 bits per heavy atom. The van der Waals surface area contributed by atoms with Crippen LogP contribution < -0.4 is 10.5 Å². The van der Waals surface area contributed by atoms with Crippen LogP contribution in [0.3, 0.4) is 0 Å². The van der Waals surface area contributed by atoms with Gasteiger partial charge in [-0.05, 0) is 25.8 Å². The zero-order valence-electron chi connectivity index (χ0n) is 12.6. The van der Waals surface area contributed by atoms with Crippen molar-refractivity contribution in [2.45, 2.75) is 32.4 Å². The van der Waals surface area contributed by atoms with Gasteiger partial charge in [0.2, 0.25) is 0 Å². The van der Waals surface area contributed by atoms with Crippen LogP contribution in [-0.4, -0.2) is 44.4 Å². The monoisotopic (exact) mass is 278 g/mol. The van der Waals surface area contributed by atoms with E-state index >= 15 is 0 Å². The van der Waals surface area contributed by atoms with Crippen LogP contribution in [0.15, 0.2) is 18.2 Å². The number of piperidine rings is 1. The molecule has 0 atom stereocenters. The van der Waals surface area contributed by atoms with Gasteiger partial charge in [-0.25, -0.2) is 0 Å². The van der Waals surface area contributed by atoms with Crippen molar-refractivity contribution in [3.8, 4) is 5.75 Å². The van der Waals surface area contributed by atoms with Gasteiger partial charge >= 0.3 is 0 Å². The molecular weight excluding hydrogens is 252 g/mol. The summed E-state index contributed by atoms with van der Waals surface area (Å²) in [5, 5.41) is 0. The lowest BCUT2D eigenvalue weighted by atomic mass is 10.1. The highest BCUT2D eigenvalue weighted by atomic mass is 16.5. The molecule has 0 aliphatic carbocycles. The van der Waals surface area contributed by atoms with Crippen LogP contribution in [-0.2, 0) is 11.3 Å². The van der Waals surface area contributed by atoms with Gasteiger partial charge in [-0.1, -0.05) is 17.7 Å². The Labute approximate surface area is 121 Å². The molecule has 2 N–H and O–H groups in total. The summed E-state index contributed by atoms with van der Waals surface area (Å²) in [5.41, 5.74) is 8.02. The second-order valence-corrected chi connectivity index (χ2v) is 5.45. The Morgan fingerprint density at radius 2 is 2.05 bits per heavy atom. The number of likely N-dealkylation sites (tertiary alicyclic amines) is 1. The Hall–Kier alpha value is -1.10. The molecule has 1 saturated heterocycles. The van der Waals surface area contributed by atoms with E-state index in [1.165, 1.54) is 11.1 Å². The second-order valence-electron chi connectivity index (χ2n) is 5.45. The summed E-state index contributed by atoms with van der Waals surface area (Å²) < 4.78 is 11.2. The van der Waals surface area contributed by atoms with Crippen LogP contribution in [0.2, 0.25) is 0 Å². The van der Waals surface area contributed by atoms with Crippen molar-refractivity contribution in [3.05, 3.63) is 29.3 Å². The average Bonchev–Trinajstić information content (AvgIpc) is 2.47. The fourth-order valence-electron chi connectivity index (χ4n) is 2.74. The molecule has 2 rings (SSSR count). The van der Waals surface area contributed by atoms with E-state index < -0.39 is 0 Å². The molecule has 1 aromatic rings. The van der Waals surface area contributed by atoms with Crippen molar-refractivity contribution < 1.29 is 9.47 Å². The normalized spacial score (nSPS) is 17.4. The van der Waals surface area contributed by atoms with Gasteiger partial charge in [-0.2, -0.15) is 0 Å². The number of nitrogens with zero attached hydrogens (tertiary/aromatic N) is 1. The molecule has 0 saturated carbocycles. The van der Waals surface area contributed by atoms with E-state index in [9.17, 15) is 0 Å². The van der Waals surface area contributed by atoms with E-state index in [2.05, 4.69) is 30.0 Å². The Kier molecular flexibility index (Phi) is 5.83. The van der Waals surface area contributed by atoms with E-state index in [0.29, 0.717) is 19.3 Å². The zero-order chi connectivity index (χ0) is 14.4. The average molecular weight is 278 g/mol. The van der Waals surface area contributed by atoms with E-state index in [-0.39, 0.29) is 0 Å². The Bertz CT molecular complexity index is 415. The summed E-state index contributed by atoms with van der Waals surface area (Å²) in [5.74, 6) is 0.983. The topological polar surface area (TPSA) is 47.7 Å². The molecular formula is C16H26N2O2. The van der Waals surface area contributed by atoms with Crippen molar-refractivity contribution in [3.63, 3.8) is 0 Å². The van der Waals surface area contributed by atoms with Gasteiger partial charge in [-0.3, -0.25) is 4.90 Å². The van der Waals surface area contributed by atoms with Gasteiger partial charge in [0.1, 0.15) is 5.75 Å². The third-order valence-corrected chi connectivity index (χ3v) is 3.84. The lowest BCUT2D eigenvalue weighted by Gasteiger charge is -2.32. The molecule has 4 nitrogen and oxygen atoms in total. The molecule has 1 aliphatic rings. The van der Waals surface area contributed by atoms with Crippen molar-refractivity contribution in [2.24, 2.45) is 5.73 Å². The minimum absolute atomic E-state index is 0.384. The van der Waals surface area contributed by atoms with Gasteiger partial charge in [-0.15, -0.1) is 0 Å². The SMILES string of the molecule is COc1ccc(C)cc1CN1CCC(OCCN)CC1. The maximum absolute atomic E-state index is 5.72. The number of ether oxygens (including phenoxy) is 2. The standard InChI is InChI=1S/C16H26N2O2/c1-13-3-4-16(19-2)14(11-13)12-18-8-5-15(6-9-18)20-10-7-17/h3-4,11,15H,5-10,12,17H2,1-2H3. The van der Waals surface area contributed by atoms with Crippen molar-refractivity contribution >= 4 is 0 Å². The summed E-state index contributed by atoms with van der Waals surface area (Å²) in [6.07, 6.45) is 2.57. The van der Waals surface area contributed by atoms with E-state index in [1.807, 2.05) is 0 Å². The predicted octanol–water partition coefficient (Wildman–Crippen LogP) is 1.94. The molecule has 4 heteroatoms. The minimum Gasteiger partial charge on any atom is -0.496 e. The molecule has 1 aliphatic heterocycles. The second kappa shape index (κ2) is 7.62. The van der Waals surface area contributed by atoms with Crippen LogP contribution in [0, 0.1) is 6.92 Å². The molecule has 0 bridgehead atoms. The van der Waals surface area contributed by atoms with Crippen molar-refractivity contribution in [2.75, 3.05) is 33.4 Å². The van der Waals surface area contributed by atoms with Crippen LogP contribution in [0.5, 0.6) is 5.75 Å². The number of nitrogens with two attached hydrogens (primary N) is 1. The smallest absolute Gasteiger partial charge is 0.123 e. The largest absolute Gasteiger partial charge is 0.496 e. The number of aryl methyl sites for hydroxylation is 1. The molecule has 1 heterocycles. The third kappa shape index (κ3) is 4.20. The first-order chi connectivity index (χ1) is 9.72. The summed E-state index contributed by atoms with van der Waals surface area (Å²) in [6.45, 7) is 6.51. The number of methoxy groups -OCH3 is 1. The number of benzene rings is 1. The van der Waals surface area contributed by atoms with Gasteiger partial charge in [0.15, 0.2) is 0 Å². The zero-order valence-corrected chi connectivity index (χ0v) is 12.6. The first-order valence-corrected chi connectivity index (χ1v) is 7.40. The number of hydrogen-bond donors (Lipinski definition) is 1. The maximum atomic E-state index is 5.72. The molecule has 0 unspecified atom stereocenters. The summed E-state index contributed by atoms with van der Waals surface area (Å²) >= 11 is 0. The van der Waals surface area contributed by atoms with Gasteiger partial charge in [0.05, 0.1) is 19.8 Å². The molecule has 0 spiro atoms. The number of rotatable bonds is 6. The maximum Gasteiger partial charge on any atom is 0.123 e. The van der Waals surface area contributed by atoms with Gasteiger partial charge in [0, 0.05) is 31.7 Å². The fraction of sp³-hybridized carbons (Fsp3) is 0.625. The predicted molar refractivity (Wildman–Crippen MR) is 81.0 cm³/mol. The lowest BCUT2D eigenvalue weighted by Crippen LogP contribution is -2.37. The molecule has 0 amide bonds. The minimum atomic E-state index is 0.384. The molecule has 20 heavy (non-hydrogen) atoms. The molecule has 1 aromatic carbocycles. The van der Waals surface area contributed by atoms with Crippen molar-refractivity contribution in [1.29, 1.82) is 0 Å². The third-order valence-electron chi connectivity index (χ3n) is 3.84. The molecule has 1 fully saturated rings. The van der Waals surface area contributed by atoms with E-state index in [4.69, 9.17) is 15.2 Å². The highest BCUT2D eigenvalue weighted by molar-refractivity contribution is 5.36. The van der Waals surface area contributed by atoms with E-state index in [0.717, 1.165) is 38.2 Å². The quantitative estimate of drug-likeness (QED) is 0.864. The van der Waals surface area contributed by atoms with E-state index in [1.54, 1.807) is 7.11 Å². The summed E-state index contributed by atoms with van der Waals surface area (Å²) in [4.78, 5) is 2.47. The van der Waals surface area contributed by atoms with Crippen LogP contribution >= 0.6 is 0 Å². The first kappa shape index (κ1) is 15.3. The van der Waals surface area contributed by atoms with Crippen molar-refractivity contribution in [1.82, 2.24) is 4.90 Å². The van der Waals surface area contributed by atoms with Gasteiger partial charge < -0.3 is 15.2 Å². The highest BCUT2D eigenvalue weighted by Crippen LogP contribution is 2.23. The molecule has 112 valence electrons. The van der Waals surface area contributed by atoms with Crippen LogP contribution in [0.4, 0.5) is 0 Å². The van der Waals surface area contributed by atoms with Crippen LogP contribution in [0.1, 0.15) is 24.0 Å². The Balaban J connectivity index is 1.87. The fourth-order valence-corrected chi connectivity index (χ4v) is 2.74. The molecule has 0 radical (unpaired) electrons. The summed E-state index contributed by atoms with van der Waals surface area (Å²) in [7, 11) is 1.74. The van der Waals surface area contributed by atoms with Crippen LogP contribution in [0.25, 0.3) is 0 Å². The number of hydrogen-bond acceptors (Lipinski definition) is 4. The Morgan fingerprint density at radius 3 is 2.70 bits per heavy atom. The summed E-state index contributed by atoms with van der Waals surface area (Å²) in [6, 6.07) is 6.37. The molecule has 0 aromatic heterocycles. The highest BCUT2D eigenvalue weighted by Gasteiger charge is 2.20. The van der Waals surface area contributed by atoms with Gasteiger partial charge in [0.25, 0.3) is 0 Å².